The molecule has 0 saturated heterocycles. The van der Waals surface area contributed by atoms with Gasteiger partial charge in [-0.3, -0.25) is 0 Å². The zero-order valence-electron chi connectivity index (χ0n) is 18.0. The Labute approximate surface area is 166 Å². The zero-order valence-corrected chi connectivity index (χ0v) is 18.9. The van der Waals surface area contributed by atoms with Crippen LogP contribution in [-0.2, 0) is 0 Å². The van der Waals surface area contributed by atoms with Crippen LogP contribution in [-0.4, -0.2) is 0 Å². The molecule has 27 heavy (non-hydrogen) atoms. The number of aryl methyl sites for hydroxylation is 3. The molecule has 0 heterocycles. The van der Waals surface area contributed by atoms with Gasteiger partial charge in [0.1, 0.15) is 0 Å². The van der Waals surface area contributed by atoms with E-state index in [0.29, 0.717) is 0 Å². The van der Waals surface area contributed by atoms with E-state index in [1.54, 1.807) is 0 Å². The first-order valence-electron chi connectivity index (χ1n) is 9.74. The maximum Gasteiger partial charge on any atom is -0.0119 e. The van der Waals surface area contributed by atoms with Crippen LogP contribution in [0.5, 0.6) is 0 Å². The molecular weight excluding hydrogens is 343 g/mol. The van der Waals surface area contributed by atoms with Crippen LogP contribution in [0.25, 0.3) is 0 Å². The van der Waals surface area contributed by atoms with Crippen LogP contribution in [0.15, 0.2) is 42.5 Å². The van der Waals surface area contributed by atoms with Crippen molar-refractivity contribution in [2.45, 2.75) is 55.4 Å². The van der Waals surface area contributed by atoms with Crippen LogP contribution in [0.1, 0.15) is 44.5 Å². The molecule has 3 rings (SSSR count). The van der Waals surface area contributed by atoms with Crippen molar-refractivity contribution in [1.29, 1.82) is 0 Å². The minimum Gasteiger partial charge on any atom is -0.0613 e. The molecule has 140 valence electrons. The van der Waals surface area contributed by atoms with Crippen molar-refractivity contribution >= 4 is 23.8 Å². The second-order valence-electron chi connectivity index (χ2n) is 7.86. The number of benzene rings is 3. The highest BCUT2D eigenvalue weighted by atomic mass is 31.1. The summed E-state index contributed by atoms with van der Waals surface area (Å²) in [5.41, 5.74) is 11.3. The first kappa shape index (κ1) is 19.8. The summed E-state index contributed by atoms with van der Waals surface area (Å²) in [5.74, 6) is 0. The first-order chi connectivity index (χ1) is 12.7. The van der Waals surface area contributed by atoms with Crippen LogP contribution in [0, 0.1) is 55.4 Å². The topological polar surface area (TPSA) is 0 Å². The summed E-state index contributed by atoms with van der Waals surface area (Å²) >= 11 is 0. The van der Waals surface area contributed by atoms with Crippen LogP contribution in [0.4, 0.5) is 0 Å². The highest BCUT2D eigenvalue weighted by Gasteiger charge is 2.24. The van der Waals surface area contributed by atoms with Gasteiger partial charge < -0.3 is 0 Å². The maximum absolute atomic E-state index is 2.37. The van der Waals surface area contributed by atoms with E-state index in [-0.39, 0.29) is 0 Å². The van der Waals surface area contributed by atoms with Gasteiger partial charge in [0.05, 0.1) is 0 Å². The molecule has 0 atom stereocenters. The van der Waals surface area contributed by atoms with Crippen molar-refractivity contribution in [2.24, 2.45) is 0 Å². The molecule has 0 spiro atoms. The van der Waals surface area contributed by atoms with E-state index < -0.39 is 7.92 Å². The standard InChI is InChI=1S/C26H31P/c1-16-10-9-11-24(21(16)6)27(25-14-12-17(2)19(4)22(25)7)26-15-13-18(3)20(5)23(26)8/h9-15H,1-8H3. The Balaban J connectivity index is 2.37. The van der Waals surface area contributed by atoms with Crippen LogP contribution in [0.3, 0.4) is 0 Å². The van der Waals surface area contributed by atoms with Gasteiger partial charge in [0, 0.05) is 0 Å². The van der Waals surface area contributed by atoms with Crippen molar-refractivity contribution < 1.29 is 0 Å². The predicted octanol–water partition coefficient (Wildman–Crippen LogP) is 5.91. The normalized spacial score (nSPS) is 11.3. The van der Waals surface area contributed by atoms with Gasteiger partial charge in [0.25, 0.3) is 0 Å². The van der Waals surface area contributed by atoms with Crippen LogP contribution in [0.2, 0.25) is 0 Å². The number of rotatable bonds is 3. The van der Waals surface area contributed by atoms with Gasteiger partial charge in [-0.2, -0.15) is 0 Å². The molecule has 0 bridgehead atoms. The molecule has 0 aromatic heterocycles. The lowest BCUT2D eigenvalue weighted by molar-refractivity contribution is 1.28. The lowest BCUT2D eigenvalue weighted by Crippen LogP contribution is -2.27. The Morgan fingerprint density at radius 2 is 0.815 bits per heavy atom. The lowest BCUT2D eigenvalue weighted by Gasteiger charge is -2.27. The van der Waals surface area contributed by atoms with Crippen molar-refractivity contribution in [2.75, 3.05) is 0 Å². The predicted molar refractivity (Wildman–Crippen MR) is 123 cm³/mol. The minimum atomic E-state index is -0.582. The Bertz CT molecular complexity index is 954. The second kappa shape index (κ2) is 7.61. The van der Waals surface area contributed by atoms with Gasteiger partial charge >= 0.3 is 0 Å². The minimum absolute atomic E-state index is 0.582. The molecule has 3 aromatic rings. The quantitative estimate of drug-likeness (QED) is 0.500. The molecule has 0 aliphatic heterocycles. The summed E-state index contributed by atoms with van der Waals surface area (Å²) in [6.45, 7) is 18.1. The van der Waals surface area contributed by atoms with E-state index in [0.717, 1.165) is 0 Å². The molecular formula is C26H31P. The Kier molecular flexibility index (Phi) is 5.59. The average molecular weight is 375 g/mol. The first-order valence-corrected chi connectivity index (χ1v) is 11.1. The molecule has 0 aliphatic rings. The van der Waals surface area contributed by atoms with E-state index in [1.165, 1.54) is 60.4 Å². The Morgan fingerprint density at radius 1 is 0.407 bits per heavy atom. The molecule has 0 fully saturated rings. The SMILES string of the molecule is Cc1cccc(P(c2ccc(C)c(C)c2C)c2ccc(C)c(C)c2C)c1C. The van der Waals surface area contributed by atoms with Gasteiger partial charge in [0.2, 0.25) is 0 Å². The van der Waals surface area contributed by atoms with Gasteiger partial charge in [-0.05, 0) is 124 Å². The highest BCUT2D eigenvalue weighted by molar-refractivity contribution is 7.80. The third-order valence-corrected chi connectivity index (χ3v) is 9.26. The average Bonchev–Trinajstić information content (AvgIpc) is 2.64. The number of hydrogen-bond acceptors (Lipinski definition) is 0. The van der Waals surface area contributed by atoms with Crippen molar-refractivity contribution in [3.05, 3.63) is 87.0 Å². The van der Waals surface area contributed by atoms with Crippen LogP contribution >= 0.6 is 7.92 Å². The zero-order chi connectivity index (χ0) is 19.9. The largest absolute Gasteiger partial charge is 0.0613 e. The fourth-order valence-corrected chi connectivity index (χ4v) is 6.71. The van der Waals surface area contributed by atoms with E-state index >= 15 is 0 Å². The van der Waals surface area contributed by atoms with Gasteiger partial charge in [-0.25, -0.2) is 0 Å². The molecule has 0 saturated carbocycles. The summed E-state index contributed by atoms with van der Waals surface area (Å²) in [5, 5.41) is 4.48. The number of hydrogen-bond donors (Lipinski definition) is 0. The molecule has 0 unspecified atom stereocenters. The molecule has 0 nitrogen and oxygen atoms in total. The fourth-order valence-electron chi connectivity index (χ4n) is 3.74. The van der Waals surface area contributed by atoms with Gasteiger partial charge in [0.15, 0.2) is 0 Å². The lowest BCUT2D eigenvalue weighted by atomic mass is 10.0. The Hall–Kier alpha value is -1.91. The molecule has 0 aliphatic carbocycles. The van der Waals surface area contributed by atoms with E-state index in [9.17, 15) is 0 Å². The summed E-state index contributed by atoms with van der Waals surface area (Å²) < 4.78 is 0. The van der Waals surface area contributed by atoms with Crippen molar-refractivity contribution in [3.63, 3.8) is 0 Å². The third-order valence-electron chi connectivity index (χ3n) is 6.36. The summed E-state index contributed by atoms with van der Waals surface area (Å²) in [7, 11) is -0.582. The van der Waals surface area contributed by atoms with Gasteiger partial charge in [-0.15, -0.1) is 0 Å². The summed E-state index contributed by atoms with van der Waals surface area (Å²) in [6.07, 6.45) is 0. The Morgan fingerprint density at radius 3 is 1.30 bits per heavy atom. The molecule has 1 heteroatoms. The molecule has 0 amide bonds. The second-order valence-corrected chi connectivity index (χ2v) is 9.97. The summed E-state index contributed by atoms with van der Waals surface area (Å²) in [6, 6.07) is 16.1. The van der Waals surface area contributed by atoms with Crippen molar-refractivity contribution in [3.8, 4) is 0 Å². The van der Waals surface area contributed by atoms with Gasteiger partial charge in [-0.1, -0.05) is 42.5 Å². The van der Waals surface area contributed by atoms with Crippen molar-refractivity contribution in [1.82, 2.24) is 0 Å². The monoisotopic (exact) mass is 374 g/mol. The highest BCUT2D eigenvalue weighted by Crippen LogP contribution is 2.38. The van der Waals surface area contributed by atoms with E-state index in [2.05, 4.69) is 97.9 Å². The molecule has 0 radical (unpaired) electrons. The van der Waals surface area contributed by atoms with E-state index in [4.69, 9.17) is 0 Å². The maximum atomic E-state index is 2.37. The third kappa shape index (κ3) is 3.48. The summed E-state index contributed by atoms with van der Waals surface area (Å²) in [4.78, 5) is 0. The molecule has 3 aromatic carbocycles. The molecule has 0 N–H and O–H groups in total. The fraction of sp³-hybridized carbons (Fsp3) is 0.308. The van der Waals surface area contributed by atoms with E-state index in [1.807, 2.05) is 0 Å². The smallest absolute Gasteiger partial charge is 0.0119 e. The van der Waals surface area contributed by atoms with Crippen LogP contribution < -0.4 is 15.9 Å².